The number of rotatable bonds is 3. The molecule has 0 aliphatic heterocycles. The van der Waals surface area contributed by atoms with Crippen LogP contribution in [0.4, 0.5) is 4.39 Å². The molecule has 0 amide bonds. The summed E-state index contributed by atoms with van der Waals surface area (Å²) < 4.78 is 18.8. The number of nitrogens with zero attached hydrogens (tertiary/aromatic N) is 1. The normalized spacial score (nSPS) is 10.6. The van der Waals surface area contributed by atoms with Crippen LogP contribution in [0.15, 0.2) is 22.6 Å². The van der Waals surface area contributed by atoms with Crippen molar-refractivity contribution in [1.29, 1.82) is 0 Å². The highest BCUT2D eigenvalue weighted by molar-refractivity contribution is 6.30. The molecular formula is C12H9ClFNO3. The molecule has 18 heavy (non-hydrogen) atoms. The van der Waals surface area contributed by atoms with Gasteiger partial charge in [0, 0.05) is 5.02 Å². The van der Waals surface area contributed by atoms with Crippen LogP contribution in [0.25, 0.3) is 11.5 Å². The summed E-state index contributed by atoms with van der Waals surface area (Å²) >= 11 is 5.77. The summed E-state index contributed by atoms with van der Waals surface area (Å²) in [5.41, 5.74) is 0.536. The molecule has 0 unspecified atom stereocenters. The molecule has 6 heteroatoms. The van der Waals surface area contributed by atoms with Crippen LogP contribution >= 0.6 is 11.6 Å². The lowest BCUT2D eigenvalue weighted by Crippen LogP contribution is -1.99. The maximum Gasteiger partial charge on any atom is 0.311 e. The summed E-state index contributed by atoms with van der Waals surface area (Å²) in [6.45, 7) is 1.60. The fourth-order valence-electron chi connectivity index (χ4n) is 1.51. The summed E-state index contributed by atoms with van der Waals surface area (Å²) in [6, 6.07) is 4.00. The number of aryl methyl sites for hydroxylation is 1. The molecule has 1 aromatic carbocycles. The van der Waals surface area contributed by atoms with Gasteiger partial charge in [0.1, 0.15) is 18.0 Å². The minimum Gasteiger partial charge on any atom is -0.481 e. The van der Waals surface area contributed by atoms with E-state index in [2.05, 4.69) is 4.98 Å². The van der Waals surface area contributed by atoms with E-state index >= 15 is 0 Å². The van der Waals surface area contributed by atoms with Crippen LogP contribution in [0.1, 0.15) is 11.5 Å². The molecule has 0 bridgehead atoms. The lowest BCUT2D eigenvalue weighted by Gasteiger charge is -1.98. The first-order valence-corrected chi connectivity index (χ1v) is 5.48. The number of halogens is 2. The molecule has 2 aromatic rings. The first-order chi connectivity index (χ1) is 8.47. The maximum absolute atomic E-state index is 13.6. The third kappa shape index (κ3) is 2.51. The molecule has 1 aromatic heterocycles. The van der Waals surface area contributed by atoms with Gasteiger partial charge in [-0.3, -0.25) is 4.79 Å². The van der Waals surface area contributed by atoms with E-state index in [1.165, 1.54) is 18.2 Å². The number of hydrogen-bond acceptors (Lipinski definition) is 3. The van der Waals surface area contributed by atoms with E-state index in [0.717, 1.165) is 0 Å². The van der Waals surface area contributed by atoms with Gasteiger partial charge < -0.3 is 9.52 Å². The van der Waals surface area contributed by atoms with Gasteiger partial charge in [-0.2, -0.15) is 0 Å². The van der Waals surface area contributed by atoms with Crippen molar-refractivity contribution in [1.82, 2.24) is 4.98 Å². The Balaban J connectivity index is 2.45. The number of carboxylic acids is 1. The number of carbonyl (C=O) groups is 1. The second kappa shape index (κ2) is 4.78. The van der Waals surface area contributed by atoms with E-state index < -0.39 is 11.8 Å². The van der Waals surface area contributed by atoms with Crippen molar-refractivity contribution in [3.05, 3.63) is 40.5 Å². The zero-order valence-corrected chi connectivity index (χ0v) is 10.2. The number of aliphatic carboxylic acids is 1. The van der Waals surface area contributed by atoms with Crippen molar-refractivity contribution < 1.29 is 18.7 Å². The molecular weight excluding hydrogens is 261 g/mol. The summed E-state index contributed by atoms with van der Waals surface area (Å²) in [5.74, 6) is -1.32. The van der Waals surface area contributed by atoms with Crippen LogP contribution in [0.3, 0.4) is 0 Å². The first kappa shape index (κ1) is 12.6. The molecule has 2 rings (SSSR count). The van der Waals surface area contributed by atoms with Gasteiger partial charge in [0.25, 0.3) is 0 Å². The van der Waals surface area contributed by atoms with Gasteiger partial charge in [-0.05, 0) is 25.1 Å². The molecule has 0 atom stereocenters. The largest absolute Gasteiger partial charge is 0.481 e. The molecule has 0 aliphatic rings. The number of aromatic nitrogens is 1. The van der Waals surface area contributed by atoms with Gasteiger partial charge in [0.15, 0.2) is 0 Å². The van der Waals surface area contributed by atoms with Crippen LogP contribution in [-0.4, -0.2) is 16.1 Å². The highest BCUT2D eigenvalue weighted by Crippen LogP contribution is 2.27. The van der Waals surface area contributed by atoms with Crippen LogP contribution < -0.4 is 0 Å². The Morgan fingerprint density at radius 1 is 1.56 bits per heavy atom. The number of carboxylic acid groups (broad SMARTS) is 1. The predicted molar refractivity (Wildman–Crippen MR) is 63.0 cm³/mol. The van der Waals surface area contributed by atoms with Gasteiger partial charge in [-0.25, -0.2) is 9.37 Å². The molecule has 0 saturated heterocycles. The van der Waals surface area contributed by atoms with Crippen LogP contribution in [-0.2, 0) is 11.2 Å². The topological polar surface area (TPSA) is 63.3 Å². The van der Waals surface area contributed by atoms with E-state index in [4.69, 9.17) is 21.1 Å². The summed E-state index contributed by atoms with van der Waals surface area (Å²) in [5, 5.41) is 9.04. The monoisotopic (exact) mass is 269 g/mol. The fourth-order valence-corrected chi connectivity index (χ4v) is 1.68. The van der Waals surface area contributed by atoms with Crippen LogP contribution in [0, 0.1) is 12.7 Å². The Hall–Kier alpha value is -1.88. The van der Waals surface area contributed by atoms with E-state index in [-0.39, 0.29) is 23.6 Å². The van der Waals surface area contributed by atoms with Gasteiger partial charge in [0.05, 0.1) is 11.3 Å². The zero-order chi connectivity index (χ0) is 13.3. The fraction of sp³-hybridized carbons (Fsp3) is 0.167. The lowest BCUT2D eigenvalue weighted by molar-refractivity contribution is -0.136. The highest BCUT2D eigenvalue weighted by Gasteiger charge is 2.17. The first-order valence-electron chi connectivity index (χ1n) is 5.11. The van der Waals surface area contributed by atoms with Crippen molar-refractivity contribution in [3.63, 3.8) is 0 Å². The minimum atomic E-state index is -1.03. The van der Waals surface area contributed by atoms with Crippen molar-refractivity contribution in [2.45, 2.75) is 13.3 Å². The molecule has 0 saturated carbocycles. The second-order valence-electron chi connectivity index (χ2n) is 3.72. The summed E-state index contributed by atoms with van der Waals surface area (Å²) in [6.07, 6.45) is -0.291. The number of oxazole rings is 1. The molecule has 0 radical (unpaired) electrons. The Labute approximate surface area is 107 Å². The second-order valence-corrected chi connectivity index (χ2v) is 4.16. The average Bonchev–Trinajstić information content (AvgIpc) is 2.63. The molecule has 4 nitrogen and oxygen atoms in total. The predicted octanol–water partition coefficient (Wildman–Crippen LogP) is 3.07. The van der Waals surface area contributed by atoms with E-state index in [1.807, 2.05) is 0 Å². The van der Waals surface area contributed by atoms with Crippen molar-refractivity contribution in [2.24, 2.45) is 0 Å². The van der Waals surface area contributed by atoms with Crippen molar-refractivity contribution in [3.8, 4) is 11.5 Å². The summed E-state index contributed by atoms with van der Waals surface area (Å²) in [7, 11) is 0. The summed E-state index contributed by atoms with van der Waals surface area (Å²) in [4.78, 5) is 14.6. The molecule has 1 N–H and O–H groups in total. The molecule has 1 heterocycles. The van der Waals surface area contributed by atoms with Gasteiger partial charge in [-0.1, -0.05) is 11.6 Å². The Morgan fingerprint density at radius 2 is 2.28 bits per heavy atom. The zero-order valence-electron chi connectivity index (χ0n) is 9.41. The molecule has 0 spiro atoms. The SMILES string of the molecule is Cc1nc(-c2cc(Cl)ccc2F)oc1CC(=O)O. The molecule has 0 aliphatic carbocycles. The van der Waals surface area contributed by atoms with Gasteiger partial charge in [0.2, 0.25) is 5.89 Å². The Kier molecular flexibility index (Phi) is 3.34. The standard InChI is InChI=1S/C12H9ClFNO3/c1-6-10(5-11(16)17)18-12(15-6)8-4-7(13)2-3-9(8)14/h2-4H,5H2,1H3,(H,16,17). The maximum atomic E-state index is 13.6. The number of benzene rings is 1. The Bertz CT molecular complexity index is 609. The van der Waals surface area contributed by atoms with E-state index in [9.17, 15) is 9.18 Å². The van der Waals surface area contributed by atoms with Gasteiger partial charge in [-0.15, -0.1) is 0 Å². The Morgan fingerprint density at radius 3 is 2.94 bits per heavy atom. The van der Waals surface area contributed by atoms with E-state index in [0.29, 0.717) is 10.7 Å². The van der Waals surface area contributed by atoms with Crippen molar-refractivity contribution >= 4 is 17.6 Å². The van der Waals surface area contributed by atoms with Crippen LogP contribution in [0.5, 0.6) is 0 Å². The highest BCUT2D eigenvalue weighted by atomic mass is 35.5. The third-order valence-corrected chi connectivity index (χ3v) is 2.60. The smallest absolute Gasteiger partial charge is 0.311 e. The average molecular weight is 270 g/mol. The third-order valence-electron chi connectivity index (χ3n) is 2.36. The quantitative estimate of drug-likeness (QED) is 0.930. The minimum absolute atomic E-state index is 0.0313. The van der Waals surface area contributed by atoms with E-state index in [1.54, 1.807) is 6.92 Å². The van der Waals surface area contributed by atoms with Crippen molar-refractivity contribution in [2.75, 3.05) is 0 Å². The molecule has 0 fully saturated rings. The lowest BCUT2D eigenvalue weighted by atomic mass is 10.2. The van der Waals surface area contributed by atoms with Crippen LogP contribution in [0.2, 0.25) is 5.02 Å². The van der Waals surface area contributed by atoms with Gasteiger partial charge >= 0.3 is 5.97 Å². The molecule has 94 valence electrons. The number of hydrogen-bond donors (Lipinski definition) is 1.